The lowest BCUT2D eigenvalue weighted by Gasteiger charge is -2.34. The van der Waals surface area contributed by atoms with Crippen molar-refractivity contribution in [2.24, 2.45) is 0 Å². The van der Waals surface area contributed by atoms with E-state index in [0.29, 0.717) is 17.9 Å². The number of piperidine rings is 1. The molecule has 1 N–H and O–H groups in total. The summed E-state index contributed by atoms with van der Waals surface area (Å²) in [6.45, 7) is 1.54. The summed E-state index contributed by atoms with van der Waals surface area (Å²) < 4.78 is 19.4. The van der Waals surface area contributed by atoms with Crippen molar-refractivity contribution in [3.8, 4) is 5.75 Å². The van der Waals surface area contributed by atoms with Crippen LogP contribution in [0.2, 0.25) is 0 Å². The highest BCUT2D eigenvalue weighted by atomic mass is 19.1. The standard InChI is InChI=1S/C16H20FN3O/c1-21-14-7-4-5-12(15(14)17)11-20-10-3-2-6-13(20)16-18-8-9-19-16/h4-5,7-9,13H,2-3,6,10-11H2,1H3,(H,18,19). The fraction of sp³-hybridized carbons (Fsp3) is 0.438. The van der Waals surface area contributed by atoms with E-state index < -0.39 is 0 Å². The van der Waals surface area contributed by atoms with E-state index in [-0.39, 0.29) is 11.9 Å². The van der Waals surface area contributed by atoms with E-state index >= 15 is 0 Å². The topological polar surface area (TPSA) is 41.1 Å². The second-order valence-electron chi connectivity index (χ2n) is 5.39. The molecule has 0 amide bonds. The summed E-state index contributed by atoms with van der Waals surface area (Å²) in [4.78, 5) is 9.85. The molecular formula is C16H20FN3O. The van der Waals surface area contributed by atoms with Gasteiger partial charge in [0.2, 0.25) is 0 Å². The van der Waals surface area contributed by atoms with Crippen LogP contribution in [0, 0.1) is 5.82 Å². The summed E-state index contributed by atoms with van der Waals surface area (Å²) in [5, 5.41) is 0. The molecule has 0 radical (unpaired) electrons. The van der Waals surface area contributed by atoms with Crippen molar-refractivity contribution in [2.45, 2.75) is 31.8 Å². The average molecular weight is 289 g/mol. The molecule has 3 rings (SSSR count). The van der Waals surface area contributed by atoms with Crippen LogP contribution in [-0.4, -0.2) is 28.5 Å². The van der Waals surface area contributed by atoms with Crippen LogP contribution in [0.25, 0.3) is 0 Å². The Hall–Kier alpha value is -1.88. The molecule has 1 aliphatic rings. The van der Waals surface area contributed by atoms with Gasteiger partial charge in [-0.05, 0) is 25.5 Å². The third kappa shape index (κ3) is 2.93. The van der Waals surface area contributed by atoms with Crippen molar-refractivity contribution in [3.05, 3.63) is 47.8 Å². The van der Waals surface area contributed by atoms with Crippen molar-refractivity contribution in [2.75, 3.05) is 13.7 Å². The molecule has 112 valence electrons. The van der Waals surface area contributed by atoms with Gasteiger partial charge in [-0.2, -0.15) is 0 Å². The minimum absolute atomic E-state index is 0.236. The van der Waals surface area contributed by atoms with E-state index in [1.807, 2.05) is 18.3 Å². The first-order valence-electron chi connectivity index (χ1n) is 7.34. The number of aromatic nitrogens is 2. The number of imidazole rings is 1. The number of halogens is 1. The summed E-state index contributed by atoms with van der Waals surface area (Å²) in [7, 11) is 1.49. The first-order chi connectivity index (χ1) is 10.3. The van der Waals surface area contributed by atoms with Gasteiger partial charge in [-0.15, -0.1) is 0 Å². The number of benzene rings is 1. The fourth-order valence-corrected chi connectivity index (χ4v) is 3.00. The molecule has 0 saturated carbocycles. The maximum Gasteiger partial charge on any atom is 0.169 e. The monoisotopic (exact) mass is 289 g/mol. The number of methoxy groups -OCH3 is 1. The number of likely N-dealkylation sites (tertiary alicyclic amines) is 1. The van der Waals surface area contributed by atoms with Crippen LogP contribution < -0.4 is 4.74 Å². The second kappa shape index (κ2) is 6.26. The number of nitrogens with one attached hydrogen (secondary N) is 1. The van der Waals surface area contributed by atoms with Crippen LogP contribution in [0.4, 0.5) is 4.39 Å². The average Bonchev–Trinajstić information content (AvgIpc) is 3.04. The Morgan fingerprint density at radius 3 is 3.10 bits per heavy atom. The first kappa shape index (κ1) is 14.1. The Balaban J connectivity index is 1.82. The molecule has 1 unspecified atom stereocenters. The molecule has 1 fully saturated rings. The Kier molecular flexibility index (Phi) is 4.20. The van der Waals surface area contributed by atoms with Crippen LogP contribution in [0.1, 0.15) is 36.7 Å². The minimum atomic E-state index is -0.260. The maximum absolute atomic E-state index is 14.3. The lowest BCUT2D eigenvalue weighted by Crippen LogP contribution is -2.33. The summed E-state index contributed by atoms with van der Waals surface area (Å²) in [5.41, 5.74) is 0.674. The van der Waals surface area contributed by atoms with Gasteiger partial charge >= 0.3 is 0 Å². The minimum Gasteiger partial charge on any atom is -0.494 e. The molecule has 5 heteroatoms. The van der Waals surface area contributed by atoms with Gasteiger partial charge in [-0.3, -0.25) is 4.90 Å². The zero-order valence-electron chi connectivity index (χ0n) is 12.2. The number of hydrogen-bond donors (Lipinski definition) is 1. The van der Waals surface area contributed by atoms with Crippen molar-refractivity contribution in [3.63, 3.8) is 0 Å². The van der Waals surface area contributed by atoms with Crippen molar-refractivity contribution in [1.29, 1.82) is 0 Å². The number of ether oxygens (including phenoxy) is 1. The van der Waals surface area contributed by atoms with Gasteiger partial charge < -0.3 is 9.72 Å². The molecule has 0 aliphatic carbocycles. The van der Waals surface area contributed by atoms with Crippen LogP contribution in [0.15, 0.2) is 30.6 Å². The second-order valence-corrected chi connectivity index (χ2v) is 5.39. The molecule has 1 atom stereocenters. The van der Waals surface area contributed by atoms with Gasteiger partial charge in [-0.1, -0.05) is 18.6 Å². The molecule has 2 heterocycles. The Morgan fingerprint density at radius 1 is 1.43 bits per heavy atom. The van der Waals surface area contributed by atoms with E-state index in [2.05, 4.69) is 14.9 Å². The van der Waals surface area contributed by atoms with E-state index in [9.17, 15) is 4.39 Å². The predicted octanol–water partition coefficient (Wildman–Crippen LogP) is 3.28. The zero-order valence-corrected chi connectivity index (χ0v) is 12.2. The Morgan fingerprint density at radius 2 is 2.33 bits per heavy atom. The van der Waals surface area contributed by atoms with E-state index in [1.54, 1.807) is 12.3 Å². The van der Waals surface area contributed by atoms with Crippen molar-refractivity contribution >= 4 is 0 Å². The van der Waals surface area contributed by atoms with Crippen LogP contribution in [0.3, 0.4) is 0 Å². The third-order valence-electron chi connectivity index (χ3n) is 4.09. The van der Waals surface area contributed by atoms with Crippen molar-refractivity contribution < 1.29 is 9.13 Å². The smallest absolute Gasteiger partial charge is 0.169 e. The summed E-state index contributed by atoms with van der Waals surface area (Å²) in [5.74, 6) is 1.01. The van der Waals surface area contributed by atoms with Gasteiger partial charge in [0, 0.05) is 24.5 Å². The molecule has 0 spiro atoms. The summed E-state index contributed by atoms with van der Waals surface area (Å²) >= 11 is 0. The van der Waals surface area contributed by atoms with E-state index in [0.717, 1.165) is 25.2 Å². The lowest BCUT2D eigenvalue weighted by molar-refractivity contribution is 0.132. The number of rotatable bonds is 4. The summed E-state index contributed by atoms with van der Waals surface area (Å²) in [6, 6.07) is 5.55. The normalized spacial score (nSPS) is 19.6. The highest BCUT2D eigenvalue weighted by Crippen LogP contribution is 2.31. The Bertz CT molecular complexity index is 585. The Labute approximate surface area is 124 Å². The van der Waals surface area contributed by atoms with Gasteiger partial charge in [0.05, 0.1) is 13.2 Å². The molecule has 21 heavy (non-hydrogen) atoms. The summed E-state index contributed by atoms with van der Waals surface area (Å²) in [6.07, 6.45) is 6.99. The molecule has 1 aromatic carbocycles. The van der Waals surface area contributed by atoms with E-state index in [1.165, 1.54) is 13.5 Å². The third-order valence-corrected chi connectivity index (χ3v) is 4.09. The molecule has 2 aromatic rings. The van der Waals surface area contributed by atoms with Crippen LogP contribution in [-0.2, 0) is 6.54 Å². The van der Waals surface area contributed by atoms with Crippen molar-refractivity contribution in [1.82, 2.24) is 14.9 Å². The molecular weight excluding hydrogens is 269 g/mol. The molecule has 4 nitrogen and oxygen atoms in total. The largest absolute Gasteiger partial charge is 0.494 e. The van der Waals surface area contributed by atoms with E-state index in [4.69, 9.17) is 4.74 Å². The van der Waals surface area contributed by atoms with Gasteiger partial charge in [0.25, 0.3) is 0 Å². The predicted molar refractivity (Wildman–Crippen MR) is 78.5 cm³/mol. The first-order valence-corrected chi connectivity index (χ1v) is 7.34. The molecule has 1 aliphatic heterocycles. The quantitative estimate of drug-likeness (QED) is 0.939. The van der Waals surface area contributed by atoms with Gasteiger partial charge in [0.1, 0.15) is 5.82 Å². The highest BCUT2D eigenvalue weighted by molar-refractivity contribution is 5.31. The van der Waals surface area contributed by atoms with Gasteiger partial charge in [-0.25, -0.2) is 9.37 Å². The highest BCUT2D eigenvalue weighted by Gasteiger charge is 2.26. The fourth-order valence-electron chi connectivity index (χ4n) is 3.00. The number of aromatic amines is 1. The number of nitrogens with zero attached hydrogens (tertiary/aromatic N) is 2. The number of H-pyrrole nitrogens is 1. The van der Waals surface area contributed by atoms with Gasteiger partial charge in [0.15, 0.2) is 11.6 Å². The molecule has 0 bridgehead atoms. The lowest BCUT2D eigenvalue weighted by atomic mass is 10.0. The SMILES string of the molecule is COc1cccc(CN2CCCCC2c2ncc[nH]2)c1F. The molecule has 1 aromatic heterocycles. The molecule has 1 saturated heterocycles. The van der Waals surface area contributed by atoms with Crippen LogP contribution >= 0.6 is 0 Å². The number of hydrogen-bond acceptors (Lipinski definition) is 3. The zero-order chi connectivity index (χ0) is 14.7. The maximum atomic E-state index is 14.3. The van der Waals surface area contributed by atoms with Crippen LogP contribution in [0.5, 0.6) is 5.75 Å².